The van der Waals surface area contributed by atoms with Crippen LogP contribution in [0.3, 0.4) is 0 Å². The van der Waals surface area contributed by atoms with Crippen molar-refractivity contribution in [3.05, 3.63) is 71.4 Å². The molecule has 186 valence electrons. The van der Waals surface area contributed by atoms with Gasteiger partial charge in [-0.1, -0.05) is 30.3 Å². The van der Waals surface area contributed by atoms with Gasteiger partial charge in [-0.05, 0) is 25.1 Å². The molecule has 0 bridgehead atoms. The van der Waals surface area contributed by atoms with Crippen molar-refractivity contribution >= 4 is 40.4 Å². The number of aromatic amines is 1. The smallest absolute Gasteiger partial charge is 0.339 e. The second-order valence-electron chi connectivity index (χ2n) is 8.13. The van der Waals surface area contributed by atoms with Crippen molar-refractivity contribution in [3.63, 3.8) is 0 Å². The molecule has 0 saturated carbocycles. The SMILES string of the molecule is CCOC(=O)C1CN(C(=O)c2ccccc2)CCN1C(=O)C(=O)c1c[nH]c2c(C(=O)OC)cccc12. The summed E-state index contributed by atoms with van der Waals surface area (Å²) in [4.78, 5) is 69.9. The van der Waals surface area contributed by atoms with Crippen molar-refractivity contribution < 1.29 is 33.4 Å². The highest BCUT2D eigenvalue weighted by Crippen LogP contribution is 2.24. The highest BCUT2D eigenvalue weighted by molar-refractivity contribution is 6.45. The minimum Gasteiger partial charge on any atom is -0.465 e. The number of H-pyrrole nitrogens is 1. The molecule has 1 aromatic heterocycles. The first-order chi connectivity index (χ1) is 17.4. The van der Waals surface area contributed by atoms with Crippen LogP contribution in [0.25, 0.3) is 10.9 Å². The van der Waals surface area contributed by atoms with E-state index in [1.165, 1.54) is 18.2 Å². The number of fused-ring (bicyclic) bond motifs is 1. The minimum absolute atomic E-state index is 0.0254. The number of rotatable bonds is 6. The third-order valence-corrected chi connectivity index (χ3v) is 6.07. The first kappa shape index (κ1) is 24.6. The fraction of sp³-hybridized carbons (Fsp3) is 0.269. The summed E-state index contributed by atoms with van der Waals surface area (Å²) < 4.78 is 9.93. The molecule has 0 spiro atoms. The largest absolute Gasteiger partial charge is 0.465 e. The number of amides is 2. The number of piperazine rings is 1. The van der Waals surface area contributed by atoms with Gasteiger partial charge in [0.2, 0.25) is 0 Å². The van der Waals surface area contributed by atoms with Crippen LogP contribution in [0.1, 0.15) is 38.0 Å². The standard InChI is InChI=1S/C26H25N3O7/c1-3-36-26(34)20-15-28(23(31)16-8-5-4-6-9-16)12-13-29(20)24(32)22(30)19-14-27-21-17(19)10-7-11-18(21)25(33)35-2/h4-11,14,20,27H,3,12-13,15H2,1-2H3. The van der Waals surface area contributed by atoms with Gasteiger partial charge in [0.1, 0.15) is 6.04 Å². The zero-order valence-corrected chi connectivity index (χ0v) is 19.9. The second-order valence-corrected chi connectivity index (χ2v) is 8.13. The highest BCUT2D eigenvalue weighted by atomic mass is 16.5. The van der Waals surface area contributed by atoms with Gasteiger partial charge in [0.25, 0.3) is 17.6 Å². The van der Waals surface area contributed by atoms with Crippen LogP contribution in [0.2, 0.25) is 0 Å². The van der Waals surface area contributed by atoms with Crippen molar-refractivity contribution in [2.45, 2.75) is 13.0 Å². The van der Waals surface area contributed by atoms with Crippen LogP contribution in [-0.2, 0) is 19.1 Å². The van der Waals surface area contributed by atoms with Gasteiger partial charge in [0.15, 0.2) is 0 Å². The van der Waals surface area contributed by atoms with Crippen LogP contribution in [-0.4, -0.2) is 83.7 Å². The normalized spacial score (nSPS) is 15.4. The summed E-state index contributed by atoms with van der Waals surface area (Å²) in [6, 6.07) is 12.2. The third kappa shape index (κ3) is 4.57. The van der Waals surface area contributed by atoms with E-state index in [4.69, 9.17) is 9.47 Å². The minimum atomic E-state index is -1.14. The molecule has 2 amide bonds. The lowest BCUT2D eigenvalue weighted by Gasteiger charge is -2.39. The maximum atomic E-state index is 13.3. The Morgan fingerprint density at radius 2 is 1.72 bits per heavy atom. The van der Waals surface area contributed by atoms with E-state index in [1.54, 1.807) is 55.5 Å². The molecule has 0 aliphatic carbocycles. The van der Waals surface area contributed by atoms with Crippen molar-refractivity contribution in [3.8, 4) is 0 Å². The zero-order chi connectivity index (χ0) is 25.8. The molecule has 0 radical (unpaired) electrons. The summed E-state index contributed by atoms with van der Waals surface area (Å²) in [5.74, 6) is -3.31. The maximum Gasteiger partial charge on any atom is 0.339 e. The Morgan fingerprint density at radius 1 is 0.972 bits per heavy atom. The van der Waals surface area contributed by atoms with E-state index < -0.39 is 29.7 Å². The maximum absolute atomic E-state index is 13.3. The number of carbonyl (C=O) groups is 5. The Kier molecular flexibility index (Phi) is 7.14. The summed E-state index contributed by atoms with van der Waals surface area (Å²) in [5.41, 5.74) is 1.10. The number of benzene rings is 2. The summed E-state index contributed by atoms with van der Waals surface area (Å²) in [5, 5.41) is 0.377. The van der Waals surface area contributed by atoms with Crippen LogP contribution >= 0.6 is 0 Å². The topological polar surface area (TPSA) is 126 Å². The molecule has 1 atom stereocenters. The van der Waals surface area contributed by atoms with E-state index in [9.17, 15) is 24.0 Å². The molecular weight excluding hydrogens is 466 g/mol. The van der Waals surface area contributed by atoms with Gasteiger partial charge in [0, 0.05) is 30.2 Å². The number of ketones is 1. The quantitative estimate of drug-likeness (QED) is 0.318. The number of nitrogens with zero attached hydrogens (tertiary/aromatic N) is 2. The van der Waals surface area contributed by atoms with Crippen LogP contribution in [0.15, 0.2) is 54.7 Å². The molecule has 10 nitrogen and oxygen atoms in total. The Balaban J connectivity index is 1.61. The Labute approximate surface area is 206 Å². The van der Waals surface area contributed by atoms with Crippen LogP contribution in [0.5, 0.6) is 0 Å². The summed E-state index contributed by atoms with van der Waals surface area (Å²) in [7, 11) is 1.25. The van der Waals surface area contributed by atoms with Gasteiger partial charge in [-0.3, -0.25) is 14.4 Å². The molecule has 1 unspecified atom stereocenters. The third-order valence-electron chi connectivity index (χ3n) is 6.07. The summed E-state index contributed by atoms with van der Waals surface area (Å²) >= 11 is 0. The molecule has 4 rings (SSSR count). The van der Waals surface area contributed by atoms with E-state index in [1.807, 2.05) is 0 Å². The van der Waals surface area contributed by atoms with Gasteiger partial charge >= 0.3 is 11.9 Å². The molecule has 2 aromatic carbocycles. The first-order valence-electron chi connectivity index (χ1n) is 11.4. The number of Topliss-reactive ketones (excluding diaryl/α,β-unsaturated/α-hetero) is 1. The first-order valence-corrected chi connectivity index (χ1v) is 11.4. The monoisotopic (exact) mass is 491 g/mol. The average molecular weight is 492 g/mol. The summed E-state index contributed by atoms with van der Waals surface area (Å²) in [6.07, 6.45) is 1.35. The number of carbonyl (C=O) groups excluding carboxylic acids is 5. The molecular formula is C26H25N3O7. The van der Waals surface area contributed by atoms with Gasteiger partial charge in [-0.2, -0.15) is 0 Å². The predicted octanol–water partition coefficient (Wildman–Crippen LogP) is 2.05. The lowest BCUT2D eigenvalue weighted by atomic mass is 10.0. The highest BCUT2D eigenvalue weighted by Gasteiger charge is 2.40. The average Bonchev–Trinajstić information content (AvgIpc) is 3.36. The van der Waals surface area contributed by atoms with Gasteiger partial charge < -0.3 is 24.3 Å². The zero-order valence-electron chi connectivity index (χ0n) is 19.9. The Bertz CT molecular complexity index is 1330. The Hall–Kier alpha value is -4.47. The van der Waals surface area contributed by atoms with Crippen molar-refractivity contribution in [1.82, 2.24) is 14.8 Å². The van der Waals surface area contributed by atoms with Crippen molar-refractivity contribution in [1.29, 1.82) is 0 Å². The van der Waals surface area contributed by atoms with Gasteiger partial charge in [-0.15, -0.1) is 0 Å². The number of ether oxygens (including phenoxy) is 2. The van der Waals surface area contributed by atoms with Gasteiger partial charge in [0.05, 0.1) is 36.9 Å². The molecule has 36 heavy (non-hydrogen) atoms. The van der Waals surface area contributed by atoms with Crippen LogP contribution in [0.4, 0.5) is 0 Å². The molecule has 10 heteroatoms. The van der Waals surface area contributed by atoms with E-state index in [-0.39, 0.29) is 43.3 Å². The fourth-order valence-corrected chi connectivity index (χ4v) is 4.28. The predicted molar refractivity (Wildman–Crippen MR) is 128 cm³/mol. The molecule has 1 aliphatic rings. The van der Waals surface area contributed by atoms with E-state index in [2.05, 4.69) is 4.98 Å². The van der Waals surface area contributed by atoms with E-state index in [0.717, 1.165) is 4.90 Å². The Morgan fingerprint density at radius 3 is 2.42 bits per heavy atom. The molecule has 1 saturated heterocycles. The van der Waals surface area contributed by atoms with Crippen LogP contribution < -0.4 is 0 Å². The van der Waals surface area contributed by atoms with E-state index in [0.29, 0.717) is 16.5 Å². The number of para-hydroxylation sites is 1. The fourth-order valence-electron chi connectivity index (χ4n) is 4.28. The molecule has 1 fully saturated rings. The number of methoxy groups -OCH3 is 1. The second kappa shape index (κ2) is 10.4. The molecule has 3 aromatic rings. The number of hydrogen-bond donors (Lipinski definition) is 1. The molecule has 1 aliphatic heterocycles. The number of nitrogens with one attached hydrogen (secondary N) is 1. The number of esters is 2. The lowest BCUT2D eigenvalue weighted by Crippen LogP contribution is -2.60. The van der Waals surface area contributed by atoms with Crippen molar-refractivity contribution in [2.75, 3.05) is 33.4 Å². The molecule has 1 N–H and O–H groups in total. The molecule has 2 heterocycles. The number of aromatic nitrogens is 1. The van der Waals surface area contributed by atoms with E-state index >= 15 is 0 Å². The summed E-state index contributed by atoms with van der Waals surface area (Å²) in [6.45, 7) is 1.73. The lowest BCUT2D eigenvalue weighted by molar-refractivity contribution is -0.156. The van der Waals surface area contributed by atoms with Crippen molar-refractivity contribution in [2.24, 2.45) is 0 Å². The van der Waals surface area contributed by atoms with Crippen LogP contribution in [0, 0.1) is 0 Å². The van der Waals surface area contributed by atoms with Gasteiger partial charge in [-0.25, -0.2) is 9.59 Å². The number of hydrogen-bond acceptors (Lipinski definition) is 7.